The molecule has 5 heteroatoms. The van der Waals surface area contributed by atoms with Crippen LogP contribution in [0.25, 0.3) is 0 Å². The Morgan fingerprint density at radius 3 is 1.95 bits per heavy atom. The van der Waals surface area contributed by atoms with Crippen LogP contribution in [0.5, 0.6) is 0 Å². The minimum Gasteiger partial charge on any atom is -0.407 e. The number of carbonyl (C=O) groups is 1. The Hall–Kier alpha value is 0.0969. The van der Waals surface area contributed by atoms with E-state index >= 15 is 0 Å². The number of hydrogen-bond acceptors (Lipinski definition) is 3. The van der Waals surface area contributed by atoms with Crippen LogP contribution >= 0.6 is 11.6 Å². The molecule has 0 radical (unpaired) electrons. The summed E-state index contributed by atoms with van der Waals surface area (Å²) in [6, 6.07) is 0. The summed E-state index contributed by atoms with van der Waals surface area (Å²) < 4.78 is 6.01. The van der Waals surface area contributed by atoms with Crippen LogP contribution in [0.3, 0.4) is 0 Å². The number of aliphatic hydroxyl groups excluding tert-OH is 1. The summed E-state index contributed by atoms with van der Waals surface area (Å²) in [5.41, 5.74) is 0. The molecule has 0 aromatic rings. The molecular weight excluding hydrogens is 280 g/mol. The Morgan fingerprint density at radius 1 is 1.21 bits per heavy atom. The minimum absolute atomic E-state index is 0.0417. The van der Waals surface area contributed by atoms with Gasteiger partial charge >= 0.3 is 0 Å². The van der Waals surface area contributed by atoms with Crippen molar-refractivity contribution in [2.45, 2.75) is 77.3 Å². The van der Waals surface area contributed by atoms with Crippen molar-refractivity contribution in [3.63, 3.8) is 0 Å². The molecular formula is C14H29ClO3Si. The fourth-order valence-electron chi connectivity index (χ4n) is 1.41. The van der Waals surface area contributed by atoms with E-state index in [1.54, 1.807) is 6.92 Å². The van der Waals surface area contributed by atoms with E-state index in [0.717, 1.165) is 0 Å². The van der Waals surface area contributed by atoms with Crippen LogP contribution < -0.4 is 0 Å². The Bertz CT molecular complexity index is 310. The monoisotopic (exact) mass is 308 g/mol. The first-order valence-electron chi connectivity index (χ1n) is 6.85. The van der Waals surface area contributed by atoms with E-state index in [9.17, 15) is 9.90 Å². The molecule has 0 fully saturated rings. The van der Waals surface area contributed by atoms with Gasteiger partial charge in [0.15, 0.2) is 14.1 Å². The number of ketones is 1. The van der Waals surface area contributed by atoms with Gasteiger partial charge in [-0.3, -0.25) is 4.79 Å². The van der Waals surface area contributed by atoms with Gasteiger partial charge in [-0.25, -0.2) is 0 Å². The molecule has 0 rings (SSSR count). The van der Waals surface area contributed by atoms with Crippen LogP contribution in [0.4, 0.5) is 0 Å². The summed E-state index contributed by atoms with van der Waals surface area (Å²) in [5.74, 6) is -0.279. The first kappa shape index (κ1) is 19.1. The normalized spacial score (nSPS) is 18.3. The highest BCUT2D eigenvalue weighted by Crippen LogP contribution is 2.37. The highest BCUT2D eigenvalue weighted by atomic mass is 35.5. The molecule has 0 saturated heterocycles. The fraction of sp³-hybridized carbons (Fsp3) is 0.929. The van der Waals surface area contributed by atoms with Crippen molar-refractivity contribution >= 4 is 25.7 Å². The van der Waals surface area contributed by atoms with Crippen molar-refractivity contribution in [2.24, 2.45) is 5.92 Å². The van der Waals surface area contributed by atoms with Gasteiger partial charge in [0, 0.05) is 0 Å². The summed E-state index contributed by atoms with van der Waals surface area (Å²) in [6.07, 6.45) is -1.41. The summed E-state index contributed by atoms with van der Waals surface area (Å²) in [4.78, 5) is 12.2. The van der Waals surface area contributed by atoms with Gasteiger partial charge in [-0.15, -0.1) is 11.6 Å². The molecule has 0 aliphatic heterocycles. The lowest BCUT2D eigenvalue weighted by Crippen LogP contribution is -2.48. The second-order valence-corrected chi connectivity index (χ2v) is 12.3. The summed E-state index contributed by atoms with van der Waals surface area (Å²) >= 11 is 6.05. The predicted molar refractivity (Wildman–Crippen MR) is 83.2 cm³/mol. The smallest absolute Gasteiger partial charge is 0.193 e. The predicted octanol–water partition coefficient (Wildman–Crippen LogP) is 3.59. The van der Waals surface area contributed by atoms with Crippen molar-refractivity contribution in [1.82, 2.24) is 0 Å². The molecule has 3 atom stereocenters. The zero-order valence-electron chi connectivity index (χ0n) is 13.5. The third kappa shape index (κ3) is 5.18. The Morgan fingerprint density at radius 2 is 1.63 bits per heavy atom. The van der Waals surface area contributed by atoms with E-state index in [0.29, 0.717) is 0 Å². The van der Waals surface area contributed by atoms with Gasteiger partial charge in [-0.05, 0) is 31.0 Å². The first-order valence-corrected chi connectivity index (χ1v) is 10.2. The number of halogens is 1. The number of Topliss-reactive ketones (excluding diaryl/α,β-unsaturated/α-hetero) is 1. The van der Waals surface area contributed by atoms with E-state index < -0.39 is 25.9 Å². The largest absolute Gasteiger partial charge is 0.407 e. The molecule has 0 spiro atoms. The maximum atomic E-state index is 12.2. The average molecular weight is 309 g/mol. The second kappa shape index (κ2) is 6.70. The number of hydrogen-bond donors (Lipinski definition) is 1. The van der Waals surface area contributed by atoms with E-state index in [1.165, 1.54) is 0 Å². The number of carbonyl (C=O) groups excluding carboxylic acids is 1. The Balaban J connectivity index is 4.77. The van der Waals surface area contributed by atoms with Gasteiger partial charge in [-0.1, -0.05) is 34.6 Å². The van der Waals surface area contributed by atoms with Crippen molar-refractivity contribution in [3.05, 3.63) is 0 Å². The SMILES string of the molecule is CC(C)[C@H](O)[C@@H](Cl)C(=O)[C@H](C)O[Si](C)(C)C(C)(C)C. The van der Waals surface area contributed by atoms with Crippen LogP contribution in [-0.2, 0) is 9.22 Å². The highest BCUT2D eigenvalue weighted by molar-refractivity contribution is 6.74. The Kier molecular flexibility index (Phi) is 6.73. The molecule has 0 bridgehead atoms. The van der Waals surface area contributed by atoms with Crippen LogP contribution in [0.2, 0.25) is 18.1 Å². The summed E-state index contributed by atoms with van der Waals surface area (Å²) in [6.45, 7) is 16.0. The van der Waals surface area contributed by atoms with Gasteiger partial charge in [0.25, 0.3) is 0 Å². The molecule has 114 valence electrons. The van der Waals surface area contributed by atoms with Crippen LogP contribution in [0, 0.1) is 5.92 Å². The summed E-state index contributed by atoms with van der Waals surface area (Å²) in [5, 5.41) is 9.01. The molecule has 1 N–H and O–H groups in total. The second-order valence-electron chi connectivity index (χ2n) is 7.06. The van der Waals surface area contributed by atoms with Gasteiger partial charge in [0.2, 0.25) is 0 Å². The first-order chi connectivity index (χ1) is 8.31. The van der Waals surface area contributed by atoms with Crippen LogP contribution in [-0.4, -0.2) is 36.8 Å². The molecule has 0 amide bonds. The Labute approximate surface area is 123 Å². The van der Waals surface area contributed by atoms with E-state index in [1.807, 2.05) is 13.8 Å². The van der Waals surface area contributed by atoms with Gasteiger partial charge < -0.3 is 9.53 Å². The molecule has 0 unspecified atom stereocenters. The van der Waals surface area contributed by atoms with Gasteiger partial charge in [0.05, 0.1) is 6.10 Å². The zero-order valence-corrected chi connectivity index (χ0v) is 15.2. The van der Waals surface area contributed by atoms with Crippen LogP contribution in [0.1, 0.15) is 41.5 Å². The topological polar surface area (TPSA) is 46.5 Å². The zero-order chi connectivity index (χ0) is 15.6. The molecule has 0 aliphatic rings. The van der Waals surface area contributed by atoms with Crippen LogP contribution in [0.15, 0.2) is 0 Å². The molecule has 0 saturated carbocycles. The average Bonchev–Trinajstić information content (AvgIpc) is 2.23. The number of rotatable bonds is 6. The maximum Gasteiger partial charge on any atom is 0.193 e. The minimum atomic E-state index is -2.00. The maximum absolute atomic E-state index is 12.2. The third-order valence-corrected chi connectivity index (χ3v) is 8.96. The highest BCUT2D eigenvalue weighted by Gasteiger charge is 2.41. The standard InChI is InChI=1S/C14H29ClO3Si/c1-9(2)12(16)11(15)13(17)10(3)18-19(7,8)14(4,5)6/h9-12,16H,1-8H3/t10-,11+,12-/m0/s1. The fourth-order valence-corrected chi connectivity index (χ4v) is 3.23. The molecule has 0 aromatic heterocycles. The van der Waals surface area contributed by atoms with E-state index in [4.69, 9.17) is 16.0 Å². The van der Waals surface area contributed by atoms with Gasteiger partial charge in [0.1, 0.15) is 11.5 Å². The lowest BCUT2D eigenvalue weighted by Gasteiger charge is -2.38. The molecule has 0 heterocycles. The van der Waals surface area contributed by atoms with E-state index in [2.05, 4.69) is 33.9 Å². The lowest BCUT2D eigenvalue weighted by atomic mass is 9.99. The molecule has 19 heavy (non-hydrogen) atoms. The lowest BCUT2D eigenvalue weighted by molar-refractivity contribution is -0.127. The molecule has 0 aliphatic carbocycles. The number of aliphatic hydroxyl groups is 1. The quantitative estimate of drug-likeness (QED) is 0.602. The molecule has 3 nitrogen and oxygen atoms in total. The molecule has 0 aromatic carbocycles. The van der Waals surface area contributed by atoms with Crippen molar-refractivity contribution in [1.29, 1.82) is 0 Å². The van der Waals surface area contributed by atoms with Crippen molar-refractivity contribution in [3.8, 4) is 0 Å². The number of alkyl halides is 1. The van der Waals surface area contributed by atoms with E-state index in [-0.39, 0.29) is 16.7 Å². The van der Waals surface area contributed by atoms with Crippen molar-refractivity contribution < 1.29 is 14.3 Å². The van der Waals surface area contributed by atoms with Gasteiger partial charge in [-0.2, -0.15) is 0 Å². The summed E-state index contributed by atoms with van der Waals surface area (Å²) in [7, 11) is -2.00. The van der Waals surface area contributed by atoms with Crippen molar-refractivity contribution in [2.75, 3.05) is 0 Å². The third-order valence-electron chi connectivity index (χ3n) is 3.93.